The molecule has 1 aliphatic rings. The fraction of sp³-hybridized carbons (Fsp3) is 0.273. The molecule has 0 radical (unpaired) electrons. The number of urea groups is 1. The molecule has 0 spiro atoms. The van der Waals surface area contributed by atoms with E-state index >= 15 is 0 Å². The number of hydrogen-bond donors (Lipinski definition) is 2. The molecule has 2 heterocycles. The number of anilines is 2. The summed E-state index contributed by atoms with van der Waals surface area (Å²) in [7, 11) is 4.59. The van der Waals surface area contributed by atoms with E-state index in [1.165, 1.54) is 21.3 Å². The monoisotopic (exact) mass is 408 g/mol. The van der Waals surface area contributed by atoms with Crippen molar-refractivity contribution in [3.63, 3.8) is 0 Å². The predicted molar refractivity (Wildman–Crippen MR) is 115 cm³/mol. The largest absolute Gasteiger partial charge is 0.493 e. The Hall–Kier alpha value is -3.68. The Kier molecular flexibility index (Phi) is 5.47. The lowest BCUT2D eigenvalue weighted by Crippen LogP contribution is -2.19. The van der Waals surface area contributed by atoms with Crippen LogP contribution in [0.2, 0.25) is 0 Å². The van der Waals surface area contributed by atoms with Gasteiger partial charge in [0.1, 0.15) is 5.82 Å². The molecule has 0 saturated heterocycles. The molecular formula is C22H24N4O4. The Morgan fingerprint density at radius 2 is 1.73 bits per heavy atom. The molecule has 8 heteroatoms. The highest BCUT2D eigenvalue weighted by molar-refractivity contribution is 6.00. The van der Waals surface area contributed by atoms with E-state index in [-0.39, 0.29) is 6.03 Å². The van der Waals surface area contributed by atoms with Crippen molar-refractivity contribution in [3.8, 4) is 28.5 Å². The summed E-state index contributed by atoms with van der Waals surface area (Å²) in [4.78, 5) is 17.1. The lowest BCUT2D eigenvalue weighted by Gasteiger charge is -2.15. The van der Waals surface area contributed by atoms with Gasteiger partial charge in [0.05, 0.1) is 38.9 Å². The molecule has 3 aromatic rings. The van der Waals surface area contributed by atoms with Crippen molar-refractivity contribution in [2.24, 2.45) is 0 Å². The number of benzene rings is 2. The van der Waals surface area contributed by atoms with Crippen LogP contribution in [0, 0.1) is 0 Å². The molecule has 1 aromatic heterocycles. The number of hydrogen-bond acceptors (Lipinski definition) is 5. The van der Waals surface area contributed by atoms with Crippen molar-refractivity contribution in [1.82, 2.24) is 9.55 Å². The minimum atomic E-state index is -0.375. The summed E-state index contributed by atoms with van der Waals surface area (Å²) in [5, 5.41) is 5.68. The smallest absolute Gasteiger partial charge is 0.323 e. The van der Waals surface area contributed by atoms with E-state index in [4.69, 9.17) is 14.2 Å². The van der Waals surface area contributed by atoms with Crippen LogP contribution in [0.25, 0.3) is 11.3 Å². The number of carbonyl (C=O) groups excluding carboxylic acids is 1. The zero-order valence-electron chi connectivity index (χ0n) is 17.2. The van der Waals surface area contributed by atoms with Crippen molar-refractivity contribution in [3.05, 3.63) is 48.4 Å². The Balaban J connectivity index is 1.51. The molecule has 0 aliphatic carbocycles. The van der Waals surface area contributed by atoms with Gasteiger partial charge in [0.25, 0.3) is 0 Å². The number of methoxy groups -OCH3 is 3. The SMILES string of the molecule is COc1cc(NC(=O)Nc2cccc(-c3cnc4n3CCC4)c2)cc(OC)c1OC. The van der Waals surface area contributed by atoms with E-state index in [2.05, 4.69) is 20.2 Å². The quantitative estimate of drug-likeness (QED) is 0.639. The molecule has 1 aliphatic heterocycles. The summed E-state index contributed by atoms with van der Waals surface area (Å²) < 4.78 is 18.2. The van der Waals surface area contributed by atoms with Gasteiger partial charge in [0.15, 0.2) is 11.5 Å². The van der Waals surface area contributed by atoms with E-state index < -0.39 is 0 Å². The third-order valence-electron chi connectivity index (χ3n) is 5.06. The lowest BCUT2D eigenvalue weighted by molar-refractivity contribution is 0.262. The highest BCUT2D eigenvalue weighted by Gasteiger charge is 2.17. The minimum Gasteiger partial charge on any atom is -0.493 e. The highest BCUT2D eigenvalue weighted by Crippen LogP contribution is 2.40. The second-order valence-corrected chi connectivity index (χ2v) is 6.89. The first-order valence-electron chi connectivity index (χ1n) is 9.65. The van der Waals surface area contributed by atoms with Gasteiger partial charge >= 0.3 is 6.03 Å². The molecule has 30 heavy (non-hydrogen) atoms. The fourth-order valence-corrected chi connectivity index (χ4v) is 3.69. The number of fused-ring (bicyclic) bond motifs is 1. The van der Waals surface area contributed by atoms with Crippen LogP contribution in [0.5, 0.6) is 17.2 Å². The molecule has 0 unspecified atom stereocenters. The minimum absolute atomic E-state index is 0.375. The molecule has 156 valence electrons. The van der Waals surface area contributed by atoms with Crippen molar-refractivity contribution in [2.75, 3.05) is 32.0 Å². The normalized spacial score (nSPS) is 12.2. The average molecular weight is 408 g/mol. The van der Waals surface area contributed by atoms with Crippen LogP contribution in [0.3, 0.4) is 0 Å². The van der Waals surface area contributed by atoms with Crippen LogP contribution in [0.4, 0.5) is 16.2 Å². The summed E-state index contributed by atoms with van der Waals surface area (Å²) in [5.41, 5.74) is 3.29. The standard InChI is InChI=1S/C22H24N4O4/c1-28-18-11-16(12-19(29-2)21(18)30-3)25-22(27)24-15-7-4-6-14(10-15)17-13-23-20-8-5-9-26(17)20/h4,6-7,10-13H,5,8-9H2,1-3H3,(H2,24,25,27). The molecule has 4 rings (SSSR count). The van der Waals surface area contributed by atoms with Crippen LogP contribution < -0.4 is 24.8 Å². The second-order valence-electron chi connectivity index (χ2n) is 6.89. The van der Waals surface area contributed by atoms with Gasteiger partial charge in [0, 0.05) is 36.3 Å². The number of nitrogens with zero attached hydrogens (tertiary/aromatic N) is 2. The number of nitrogens with one attached hydrogen (secondary N) is 2. The van der Waals surface area contributed by atoms with Crippen molar-refractivity contribution in [1.29, 1.82) is 0 Å². The first-order valence-corrected chi connectivity index (χ1v) is 9.65. The van der Waals surface area contributed by atoms with Gasteiger partial charge in [-0.2, -0.15) is 0 Å². The first kappa shape index (κ1) is 19.6. The molecule has 2 amide bonds. The van der Waals surface area contributed by atoms with Gasteiger partial charge in [0.2, 0.25) is 5.75 Å². The maximum Gasteiger partial charge on any atom is 0.323 e. The molecule has 0 atom stereocenters. The van der Waals surface area contributed by atoms with Crippen molar-refractivity contribution < 1.29 is 19.0 Å². The number of rotatable bonds is 6. The third kappa shape index (κ3) is 3.76. The van der Waals surface area contributed by atoms with Gasteiger partial charge in [-0.25, -0.2) is 9.78 Å². The molecule has 8 nitrogen and oxygen atoms in total. The maximum atomic E-state index is 12.6. The summed E-state index contributed by atoms with van der Waals surface area (Å²) in [6.07, 6.45) is 4.02. The third-order valence-corrected chi connectivity index (χ3v) is 5.06. The number of aryl methyl sites for hydroxylation is 1. The van der Waals surface area contributed by atoms with Crippen LogP contribution in [-0.2, 0) is 13.0 Å². The molecular weight excluding hydrogens is 384 g/mol. The molecule has 0 saturated carbocycles. The predicted octanol–water partition coefficient (Wildman–Crippen LogP) is 4.17. The second kappa shape index (κ2) is 8.36. The Labute approximate surface area is 174 Å². The van der Waals surface area contributed by atoms with Crippen LogP contribution in [0.1, 0.15) is 12.2 Å². The van der Waals surface area contributed by atoms with E-state index in [0.29, 0.717) is 28.6 Å². The van der Waals surface area contributed by atoms with E-state index in [0.717, 1.165) is 36.5 Å². The molecule has 0 bridgehead atoms. The Morgan fingerprint density at radius 3 is 2.43 bits per heavy atom. The van der Waals surface area contributed by atoms with Crippen molar-refractivity contribution >= 4 is 17.4 Å². The van der Waals surface area contributed by atoms with Crippen LogP contribution in [-0.4, -0.2) is 36.9 Å². The summed E-state index contributed by atoms with van der Waals surface area (Å²) in [5.74, 6) is 2.50. The van der Waals surface area contributed by atoms with Crippen LogP contribution in [0.15, 0.2) is 42.6 Å². The molecule has 0 fully saturated rings. The zero-order valence-corrected chi connectivity index (χ0v) is 17.2. The number of aromatic nitrogens is 2. The van der Waals surface area contributed by atoms with Crippen molar-refractivity contribution in [2.45, 2.75) is 19.4 Å². The zero-order chi connectivity index (χ0) is 21.1. The Bertz CT molecular complexity index is 1050. The van der Waals surface area contributed by atoms with Gasteiger partial charge in [-0.05, 0) is 18.6 Å². The summed E-state index contributed by atoms with van der Waals surface area (Å²) in [6.45, 7) is 0.976. The Morgan fingerprint density at radius 1 is 1.00 bits per heavy atom. The number of imidazole rings is 1. The van der Waals surface area contributed by atoms with Gasteiger partial charge in [-0.1, -0.05) is 12.1 Å². The van der Waals surface area contributed by atoms with E-state index in [1.54, 1.807) is 12.1 Å². The lowest BCUT2D eigenvalue weighted by atomic mass is 10.1. The van der Waals surface area contributed by atoms with E-state index in [1.807, 2.05) is 30.5 Å². The molecule has 2 N–H and O–H groups in total. The van der Waals surface area contributed by atoms with Gasteiger partial charge in [-0.15, -0.1) is 0 Å². The summed E-state index contributed by atoms with van der Waals surface area (Å²) >= 11 is 0. The number of carbonyl (C=O) groups is 1. The maximum absolute atomic E-state index is 12.6. The number of ether oxygens (including phenoxy) is 3. The van der Waals surface area contributed by atoms with E-state index in [9.17, 15) is 4.79 Å². The highest BCUT2D eigenvalue weighted by atomic mass is 16.5. The molecule has 2 aromatic carbocycles. The number of amides is 2. The topological polar surface area (TPSA) is 86.6 Å². The van der Waals surface area contributed by atoms with Crippen LogP contribution >= 0.6 is 0 Å². The summed E-state index contributed by atoms with van der Waals surface area (Å²) in [6, 6.07) is 10.7. The van der Waals surface area contributed by atoms with Gasteiger partial charge in [-0.3, -0.25) is 0 Å². The fourth-order valence-electron chi connectivity index (χ4n) is 3.69. The van der Waals surface area contributed by atoms with Gasteiger partial charge < -0.3 is 29.4 Å². The average Bonchev–Trinajstić information content (AvgIpc) is 3.37. The first-order chi connectivity index (χ1) is 14.6.